The van der Waals surface area contributed by atoms with Gasteiger partial charge in [0.15, 0.2) is 8.07 Å². The van der Waals surface area contributed by atoms with Crippen molar-refractivity contribution in [1.29, 1.82) is 0 Å². The van der Waals surface area contributed by atoms with Crippen molar-refractivity contribution >= 4 is 50.6 Å². The molecule has 0 amide bonds. The fraction of sp³-hybridized carbons (Fsp3) is 0.0370. The lowest BCUT2D eigenvalue weighted by Gasteiger charge is -2.34. The number of aryl methyl sites for hydroxylation is 2. The fourth-order valence-corrected chi connectivity index (χ4v) is 14.2. The highest BCUT2D eigenvalue weighted by atomic mass is 28.3. The maximum atomic E-state index is 5.54. The molecule has 2 aromatic heterocycles. The zero-order valence-electron chi connectivity index (χ0n) is 32.0. The van der Waals surface area contributed by atoms with Gasteiger partial charge < -0.3 is 0 Å². The van der Waals surface area contributed by atoms with Gasteiger partial charge in [0.2, 0.25) is 5.95 Å². The summed E-state index contributed by atoms with van der Waals surface area (Å²) in [5.74, 6) is 0.662. The molecule has 0 saturated carbocycles. The van der Waals surface area contributed by atoms with Crippen LogP contribution in [0.4, 0.5) is 0 Å². The van der Waals surface area contributed by atoms with Crippen molar-refractivity contribution in [2.75, 3.05) is 0 Å². The van der Waals surface area contributed by atoms with Crippen LogP contribution in [0.3, 0.4) is 0 Å². The van der Waals surface area contributed by atoms with Gasteiger partial charge >= 0.3 is 0 Å². The predicted molar refractivity (Wildman–Crippen MR) is 244 cm³/mol. The van der Waals surface area contributed by atoms with Crippen molar-refractivity contribution in [3.8, 4) is 39.6 Å². The lowest BCUT2D eigenvalue weighted by Crippen LogP contribution is -2.74. The highest BCUT2D eigenvalue weighted by molar-refractivity contribution is 7.19. The molecule has 1 aliphatic carbocycles. The Morgan fingerprint density at radius 1 is 0.362 bits per heavy atom. The van der Waals surface area contributed by atoms with Crippen molar-refractivity contribution in [1.82, 2.24) is 14.5 Å². The van der Waals surface area contributed by atoms with Gasteiger partial charge in [0.05, 0.1) is 22.4 Å². The standard InChI is InChI=1S/C54H39N3Si/c1-5-19-39(20-6-1)50-37-51(41-21-17-28-45(34-41)58(42-22-7-2-8-23-42,43-24-9-3-10-25-43)44-26-11-4-12-27-44)56-54(55-50)57-52-31-16-15-30-47(52)49-35-40-33-32-38-18-13-14-29-46(38)48(40)36-53(49)57/h1-31,34-37H,32-33H2. The quantitative estimate of drug-likeness (QED) is 0.120. The van der Waals surface area contributed by atoms with E-state index in [1.165, 1.54) is 53.8 Å². The first-order valence-electron chi connectivity index (χ1n) is 20.1. The number of hydrogen-bond acceptors (Lipinski definition) is 2. The summed E-state index contributed by atoms with van der Waals surface area (Å²) >= 11 is 0. The average Bonchev–Trinajstić information content (AvgIpc) is 3.63. The molecule has 0 unspecified atom stereocenters. The fourth-order valence-electron chi connectivity index (χ4n) is 9.42. The van der Waals surface area contributed by atoms with Gasteiger partial charge in [0, 0.05) is 21.9 Å². The largest absolute Gasteiger partial charge is 0.278 e. The summed E-state index contributed by atoms with van der Waals surface area (Å²) in [4.78, 5) is 10.9. The number of hydrogen-bond donors (Lipinski definition) is 0. The van der Waals surface area contributed by atoms with Crippen molar-refractivity contribution in [2.45, 2.75) is 12.8 Å². The van der Waals surface area contributed by atoms with E-state index in [2.05, 4.69) is 217 Å². The van der Waals surface area contributed by atoms with Crippen LogP contribution in [0.5, 0.6) is 0 Å². The summed E-state index contributed by atoms with van der Waals surface area (Å²) < 4.78 is 2.29. The van der Waals surface area contributed by atoms with E-state index in [0.29, 0.717) is 5.95 Å². The SMILES string of the molecule is c1ccc(-c2cc(-c3cccc([Si](c4ccccc4)(c4ccccc4)c4ccccc4)c3)nc(-n3c4ccccc4c4cc5c(cc43)-c3ccccc3CC5)n2)cc1. The topological polar surface area (TPSA) is 30.7 Å². The number of nitrogens with zero attached hydrogens (tertiary/aromatic N) is 3. The maximum Gasteiger partial charge on any atom is 0.235 e. The number of fused-ring (bicyclic) bond motifs is 6. The maximum absolute atomic E-state index is 5.54. The highest BCUT2D eigenvalue weighted by Crippen LogP contribution is 2.40. The van der Waals surface area contributed by atoms with Gasteiger partial charge in [0.1, 0.15) is 0 Å². The summed E-state index contributed by atoms with van der Waals surface area (Å²) in [5, 5.41) is 7.77. The molecule has 8 aromatic carbocycles. The van der Waals surface area contributed by atoms with Crippen LogP contribution in [0, 0.1) is 0 Å². The molecule has 0 atom stereocenters. The Morgan fingerprint density at radius 3 is 1.59 bits per heavy atom. The monoisotopic (exact) mass is 757 g/mol. The second kappa shape index (κ2) is 14.1. The number of aromatic nitrogens is 3. The second-order valence-corrected chi connectivity index (χ2v) is 19.1. The van der Waals surface area contributed by atoms with Crippen molar-refractivity contribution < 1.29 is 0 Å². The summed E-state index contributed by atoms with van der Waals surface area (Å²) in [6, 6.07) is 77.5. The summed E-state index contributed by atoms with van der Waals surface area (Å²) in [5.41, 5.74) is 11.5. The van der Waals surface area contributed by atoms with Crippen LogP contribution < -0.4 is 20.7 Å². The van der Waals surface area contributed by atoms with Crippen LogP contribution in [0.25, 0.3) is 61.4 Å². The minimum atomic E-state index is -2.77. The van der Waals surface area contributed by atoms with Gasteiger partial charge in [-0.15, -0.1) is 0 Å². The van der Waals surface area contributed by atoms with Gasteiger partial charge in [-0.2, -0.15) is 0 Å². The molecule has 10 aromatic rings. The van der Waals surface area contributed by atoms with Crippen molar-refractivity contribution in [2.24, 2.45) is 0 Å². The van der Waals surface area contributed by atoms with Crippen molar-refractivity contribution in [3.05, 3.63) is 223 Å². The number of benzene rings is 8. The van der Waals surface area contributed by atoms with Crippen molar-refractivity contribution in [3.63, 3.8) is 0 Å². The zero-order valence-corrected chi connectivity index (χ0v) is 33.0. The molecule has 11 rings (SSSR count). The molecule has 0 fully saturated rings. The normalized spacial score (nSPS) is 12.3. The number of para-hydroxylation sites is 1. The Labute approximate surface area is 339 Å². The Balaban J connectivity index is 1.17. The Bertz CT molecular complexity index is 3010. The molecule has 2 heterocycles. The van der Waals surface area contributed by atoms with E-state index in [1.807, 2.05) is 0 Å². The van der Waals surface area contributed by atoms with E-state index in [0.717, 1.165) is 46.4 Å². The van der Waals surface area contributed by atoms with E-state index >= 15 is 0 Å². The van der Waals surface area contributed by atoms with Gasteiger partial charge in [-0.3, -0.25) is 4.57 Å². The second-order valence-electron chi connectivity index (χ2n) is 15.3. The van der Waals surface area contributed by atoms with Crippen LogP contribution in [-0.2, 0) is 12.8 Å². The third kappa shape index (κ3) is 5.56. The minimum Gasteiger partial charge on any atom is -0.278 e. The smallest absolute Gasteiger partial charge is 0.235 e. The van der Waals surface area contributed by atoms with Gasteiger partial charge in [-0.1, -0.05) is 188 Å². The van der Waals surface area contributed by atoms with Crippen LogP contribution in [0.15, 0.2) is 212 Å². The zero-order chi connectivity index (χ0) is 38.5. The van der Waals surface area contributed by atoms with Crippen LogP contribution in [-0.4, -0.2) is 22.6 Å². The third-order valence-electron chi connectivity index (χ3n) is 12.1. The predicted octanol–water partition coefficient (Wildman–Crippen LogP) is 10.1. The first-order chi connectivity index (χ1) is 28.8. The van der Waals surface area contributed by atoms with Crippen LogP contribution >= 0.6 is 0 Å². The lowest BCUT2D eigenvalue weighted by atomic mass is 9.85. The Kier molecular flexibility index (Phi) is 8.30. The third-order valence-corrected chi connectivity index (χ3v) is 16.8. The molecule has 0 spiro atoms. The highest BCUT2D eigenvalue weighted by Gasteiger charge is 2.41. The Morgan fingerprint density at radius 2 is 0.897 bits per heavy atom. The molecule has 1 aliphatic rings. The molecule has 0 radical (unpaired) electrons. The van der Waals surface area contributed by atoms with E-state index in [9.17, 15) is 0 Å². The van der Waals surface area contributed by atoms with E-state index < -0.39 is 8.07 Å². The Hall–Kier alpha value is -7.14. The molecular formula is C54H39N3Si. The van der Waals surface area contributed by atoms with Gasteiger partial charge in [-0.05, 0) is 80.1 Å². The summed E-state index contributed by atoms with van der Waals surface area (Å²) in [7, 11) is -2.77. The molecule has 4 heteroatoms. The minimum absolute atomic E-state index is 0.662. The van der Waals surface area contributed by atoms with E-state index in [-0.39, 0.29) is 0 Å². The molecule has 58 heavy (non-hydrogen) atoms. The molecule has 0 N–H and O–H groups in total. The van der Waals surface area contributed by atoms with Gasteiger partial charge in [0.25, 0.3) is 0 Å². The first kappa shape index (κ1) is 34.1. The molecule has 3 nitrogen and oxygen atoms in total. The lowest BCUT2D eigenvalue weighted by molar-refractivity contribution is 0.943. The summed E-state index contributed by atoms with van der Waals surface area (Å²) in [6.45, 7) is 0. The number of rotatable bonds is 7. The molecular weight excluding hydrogens is 719 g/mol. The molecule has 274 valence electrons. The van der Waals surface area contributed by atoms with E-state index in [4.69, 9.17) is 9.97 Å². The average molecular weight is 758 g/mol. The first-order valence-corrected chi connectivity index (χ1v) is 22.1. The van der Waals surface area contributed by atoms with Gasteiger partial charge in [-0.25, -0.2) is 9.97 Å². The molecule has 0 saturated heterocycles. The summed E-state index contributed by atoms with van der Waals surface area (Å²) in [6.07, 6.45) is 2.09. The molecule has 0 aliphatic heterocycles. The van der Waals surface area contributed by atoms with Crippen LogP contribution in [0.1, 0.15) is 11.1 Å². The van der Waals surface area contributed by atoms with E-state index in [1.54, 1.807) is 0 Å². The van der Waals surface area contributed by atoms with Crippen LogP contribution in [0.2, 0.25) is 0 Å². The molecule has 0 bridgehead atoms.